The molecule has 6 nitrogen and oxygen atoms in total. The lowest BCUT2D eigenvalue weighted by molar-refractivity contribution is -0.130. The average Bonchev–Trinajstić information content (AvgIpc) is 2.57. The molecular weight excluding hydrogens is 400 g/mol. The lowest BCUT2D eigenvalue weighted by Crippen LogP contribution is -2.50. The molecule has 0 unspecified atom stereocenters. The molecule has 0 aliphatic heterocycles. The second kappa shape index (κ2) is 7.02. The number of amides is 2. The van der Waals surface area contributed by atoms with Crippen LogP contribution in [0.4, 0.5) is 0 Å². The Morgan fingerprint density at radius 1 is 1.07 bits per heavy atom. The zero-order chi connectivity index (χ0) is 20.1. The molecule has 4 aliphatic carbocycles. The highest BCUT2D eigenvalue weighted by Gasteiger charge is 2.51. The van der Waals surface area contributed by atoms with Crippen molar-refractivity contribution < 1.29 is 18.0 Å². The summed E-state index contributed by atoms with van der Waals surface area (Å²) in [7, 11) is -3.55. The van der Waals surface area contributed by atoms with E-state index in [1.807, 2.05) is 0 Å². The third kappa shape index (κ3) is 3.92. The smallest absolute Gasteiger partial charge is 0.269 e. The maximum absolute atomic E-state index is 12.5. The minimum Gasteiger partial charge on any atom is -0.273 e. The van der Waals surface area contributed by atoms with E-state index >= 15 is 0 Å². The number of rotatable bonds is 4. The summed E-state index contributed by atoms with van der Waals surface area (Å²) in [4.78, 5) is 24.7. The average molecular weight is 425 g/mol. The minimum atomic E-state index is -3.55. The number of hydrazine groups is 1. The predicted molar refractivity (Wildman–Crippen MR) is 105 cm³/mol. The molecular formula is C20H25ClN2O4S. The first kappa shape index (κ1) is 19.7. The van der Waals surface area contributed by atoms with Crippen LogP contribution in [0.5, 0.6) is 0 Å². The van der Waals surface area contributed by atoms with Gasteiger partial charge in [0.2, 0.25) is 5.91 Å². The van der Waals surface area contributed by atoms with Gasteiger partial charge in [0, 0.05) is 18.2 Å². The van der Waals surface area contributed by atoms with Crippen LogP contribution in [0, 0.1) is 23.2 Å². The van der Waals surface area contributed by atoms with Crippen LogP contribution >= 0.6 is 11.6 Å². The van der Waals surface area contributed by atoms with Crippen molar-refractivity contribution in [3.63, 3.8) is 0 Å². The maximum Gasteiger partial charge on any atom is 0.269 e. The molecule has 4 fully saturated rings. The number of benzene rings is 1. The van der Waals surface area contributed by atoms with Crippen LogP contribution in [-0.2, 0) is 14.6 Å². The number of sulfone groups is 1. The van der Waals surface area contributed by atoms with E-state index in [2.05, 4.69) is 10.9 Å². The summed E-state index contributed by atoms with van der Waals surface area (Å²) in [6.07, 6.45) is 8.78. The van der Waals surface area contributed by atoms with Gasteiger partial charge in [0.05, 0.1) is 9.92 Å². The number of hydrogen-bond donors (Lipinski definition) is 2. The van der Waals surface area contributed by atoms with E-state index in [0.717, 1.165) is 43.3 Å². The van der Waals surface area contributed by atoms with Gasteiger partial charge >= 0.3 is 0 Å². The van der Waals surface area contributed by atoms with Crippen molar-refractivity contribution in [2.45, 2.75) is 49.8 Å². The monoisotopic (exact) mass is 424 g/mol. The molecule has 8 heteroatoms. The lowest BCUT2D eigenvalue weighted by atomic mass is 9.49. The Labute approximate surface area is 170 Å². The van der Waals surface area contributed by atoms with Crippen LogP contribution in [-0.4, -0.2) is 26.5 Å². The first-order chi connectivity index (χ1) is 13.1. The van der Waals surface area contributed by atoms with Crippen LogP contribution in [0.15, 0.2) is 23.1 Å². The minimum absolute atomic E-state index is 0.0601. The summed E-state index contributed by atoms with van der Waals surface area (Å²) in [6.45, 7) is 0. The molecule has 4 bridgehead atoms. The van der Waals surface area contributed by atoms with Gasteiger partial charge in [0.1, 0.15) is 0 Å². The van der Waals surface area contributed by atoms with Crippen molar-refractivity contribution in [2.75, 3.05) is 6.26 Å². The fraction of sp³-hybridized carbons (Fsp3) is 0.600. The highest BCUT2D eigenvalue weighted by Crippen LogP contribution is 2.61. The third-order valence-electron chi connectivity index (χ3n) is 6.61. The van der Waals surface area contributed by atoms with Gasteiger partial charge < -0.3 is 0 Å². The van der Waals surface area contributed by atoms with E-state index in [-0.39, 0.29) is 26.8 Å². The largest absolute Gasteiger partial charge is 0.273 e. The Hall–Kier alpha value is -1.60. The summed E-state index contributed by atoms with van der Waals surface area (Å²) in [5.74, 6) is 1.53. The van der Waals surface area contributed by atoms with Crippen molar-refractivity contribution in [3.05, 3.63) is 28.8 Å². The second-order valence-corrected chi connectivity index (χ2v) is 11.4. The SMILES string of the molecule is CS(=O)(=O)c1cc(C(=O)NNC(=O)CC23CC4CC(CC(C4)C2)C3)ccc1Cl. The zero-order valence-corrected chi connectivity index (χ0v) is 17.4. The molecule has 152 valence electrons. The molecule has 4 aliphatic rings. The predicted octanol–water partition coefficient (Wildman–Crippen LogP) is 3.11. The van der Waals surface area contributed by atoms with E-state index < -0.39 is 15.7 Å². The van der Waals surface area contributed by atoms with Gasteiger partial charge in [0.15, 0.2) is 9.84 Å². The normalized spacial score (nSPS) is 30.9. The molecule has 0 radical (unpaired) electrons. The third-order valence-corrected chi connectivity index (χ3v) is 8.19. The molecule has 2 amide bonds. The molecule has 1 aromatic rings. The molecule has 0 aromatic heterocycles. The van der Waals surface area contributed by atoms with E-state index in [9.17, 15) is 18.0 Å². The molecule has 0 spiro atoms. The van der Waals surface area contributed by atoms with Crippen LogP contribution in [0.2, 0.25) is 5.02 Å². The van der Waals surface area contributed by atoms with Gasteiger partial charge in [-0.2, -0.15) is 0 Å². The Bertz CT molecular complexity index is 893. The summed E-state index contributed by atoms with van der Waals surface area (Å²) in [5, 5.41) is 0.0601. The first-order valence-electron chi connectivity index (χ1n) is 9.72. The number of carbonyl (C=O) groups excluding carboxylic acids is 2. The van der Waals surface area contributed by atoms with Crippen molar-refractivity contribution in [1.29, 1.82) is 0 Å². The van der Waals surface area contributed by atoms with E-state index in [4.69, 9.17) is 11.6 Å². The quantitative estimate of drug-likeness (QED) is 0.726. The summed E-state index contributed by atoms with van der Waals surface area (Å²) in [5.41, 5.74) is 5.13. The van der Waals surface area contributed by atoms with Gasteiger partial charge in [-0.15, -0.1) is 0 Å². The Kier molecular flexibility index (Phi) is 4.94. The lowest BCUT2D eigenvalue weighted by Gasteiger charge is -2.56. The molecule has 4 saturated carbocycles. The van der Waals surface area contributed by atoms with Crippen molar-refractivity contribution in [3.8, 4) is 0 Å². The van der Waals surface area contributed by atoms with E-state index in [1.165, 1.54) is 37.5 Å². The second-order valence-electron chi connectivity index (χ2n) is 9.01. The number of carbonyl (C=O) groups is 2. The van der Waals surface area contributed by atoms with Gasteiger partial charge in [0.25, 0.3) is 5.91 Å². The number of halogens is 1. The van der Waals surface area contributed by atoms with Gasteiger partial charge in [-0.05, 0) is 79.9 Å². The van der Waals surface area contributed by atoms with Crippen molar-refractivity contribution >= 4 is 33.3 Å². The van der Waals surface area contributed by atoms with E-state index in [0.29, 0.717) is 6.42 Å². The van der Waals surface area contributed by atoms with Gasteiger partial charge in [-0.3, -0.25) is 20.4 Å². The number of hydrogen-bond acceptors (Lipinski definition) is 4. The summed E-state index contributed by atoms with van der Waals surface area (Å²) >= 11 is 5.90. The fourth-order valence-corrected chi connectivity index (χ4v) is 7.32. The molecule has 0 heterocycles. The van der Waals surface area contributed by atoms with Crippen molar-refractivity contribution in [2.24, 2.45) is 23.2 Å². The molecule has 0 saturated heterocycles. The van der Waals surface area contributed by atoms with Crippen LogP contribution in [0.25, 0.3) is 0 Å². The first-order valence-corrected chi connectivity index (χ1v) is 12.0. The van der Waals surface area contributed by atoms with Gasteiger partial charge in [-0.25, -0.2) is 8.42 Å². The molecule has 1 aromatic carbocycles. The standard InChI is InChI=1S/C20H25ClN2O4S/c1-28(26,27)17-7-15(2-3-16(17)21)19(25)23-22-18(24)11-20-8-12-4-13(9-20)6-14(5-12)10-20/h2-3,7,12-14H,4-6,8-11H2,1H3,(H,22,24)(H,23,25). The Morgan fingerprint density at radius 3 is 2.18 bits per heavy atom. The Balaban J connectivity index is 1.37. The molecule has 2 N–H and O–H groups in total. The van der Waals surface area contributed by atoms with E-state index in [1.54, 1.807) is 0 Å². The van der Waals surface area contributed by atoms with Crippen LogP contribution in [0.3, 0.4) is 0 Å². The topological polar surface area (TPSA) is 92.3 Å². The Morgan fingerprint density at radius 2 is 1.64 bits per heavy atom. The van der Waals surface area contributed by atoms with Crippen molar-refractivity contribution in [1.82, 2.24) is 10.9 Å². The summed E-state index contributed by atoms with van der Waals surface area (Å²) in [6, 6.07) is 4.01. The zero-order valence-electron chi connectivity index (χ0n) is 15.8. The molecule has 5 rings (SSSR count). The highest BCUT2D eigenvalue weighted by atomic mass is 35.5. The molecule has 28 heavy (non-hydrogen) atoms. The maximum atomic E-state index is 12.5. The summed E-state index contributed by atoms with van der Waals surface area (Å²) < 4.78 is 23.5. The highest BCUT2D eigenvalue weighted by molar-refractivity contribution is 7.90. The number of nitrogens with one attached hydrogen (secondary N) is 2. The van der Waals surface area contributed by atoms with Gasteiger partial charge in [-0.1, -0.05) is 11.6 Å². The van der Waals surface area contributed by atoms with Crippen LogP contribution < -0.4 is 10.9 Å². The molecule has 0 atom stereocenters. The van der Waals surface area contributed by atoms with Crippen LogP contribution in [0.1, 0.15) is 55.3 Å². The fourth-order valence-electron chi connectivity index (χ4n) is 6.02.